The van der Waals surface area contributed by atoms with Gasteiger partial charge in [-0.1, -0.05) is 20.8 Å². The fourth-order valence-corrected chi connectivity index (χ4v) is 1.35. The molecule has 0 saturated carbocycles. The fourth-order valence-electron chi connectivity index (χ4n) is 1.35. The zero-order valence-electron chi connectivity index (χ0n) is 9.34. The second-order valence-electron chi connectivity index (χ2n) is 5.06. The van der Waals surface area contributed by atoms with E-state index in [1.807, 2.05) is 20.8 Å². The molecule has 1 saturated heterocycles. The smallest absolute Gasteiger partial charge is 0.308 e. The Kier molecular flexibility index (Phi) is 3.93. The van der Waals surface area contributed by atoms with Crippen molar-refractivity contribution in [3.63, 3.8) is 0 Å². The first-order chi connectivity index (χ1) is 6.47. The average molecular weight is 200 g/mol. The Hall–Kier alpha value is -0.570. The SMILES string of the molecule is CC(C)(C)COC(=O)CC1CCCO1. The highest BCUT2D eigenvalue weighted by Crippen LogP contribution is 2.17. The second kappa shape index (κ2) is 4.78. The Bertz CT molecular complexity index is 187. The predicted molar refractivity (Wildman–Crippen MR) is 54.0 cm³/mol. The van der Waals surface area contributed by atoms with E-state index in [9.17, 15) is 4.79 Å². The number of ether oxygens (including phenoxy) is 2. The lowest BCUT2D eigenvalue weighted by atomic mass is 9.99. The molecule has 0 amide bonds. The lowest BCUT2D eigenvalue weighted by Crippen LogP contribution is -2.21. The zero-order valence-corrected chi connectivity index (χ0v) is 9.34. The van der Waals surface area contributed by atoms with Gasteiger partial charge in [0.1, 0.15) is 0 Å². The van der Waals surface area contributed by atoms with Gasteiger partial charge in [0.2, 0.25) is 0 Å². The lowest BCUT2D eigenvalue weighted by molar-refractivity contribution is -0.148. The van der Waals surface area contributed by atoms with Gasteiger partial charge >= 0.3 is 5.97 Å². The molecule has 3 nitrogen and oxygen atoms in total. The van der Waals surface area contributed by atoms with Crippen molar-refractivity contribution in [2.45, 2.75) is 46.1 Å². The number of carbonyl (C=O) groups excluding carboxylic acids is 1. The molecule has 1 fully saturated rings. The summed E-state index contributed by atoms with van der Waals surface area (Å²) in [7, 11) is 0. The molecule has 0 spiro atoms. The summed E-state index contributed by atoms with van der Waals surface area (Å²) in [5, 5.41) is 0. The molecule has 0 aliphatic carbocycles. The Morgan fingerprint density at radius 1 is 1.50 bits per heavy atom. The molecule has 82 valence electrons. The van der Waals surface area contributed by atoms with E-state index in [1.54, 1.807) is 0 Å². The van der Waals surface area contributed by atoms with Crippen LogP contribution in [0.15, 0.2) is 0 Å². The summed E-state index contributed by atoms with van der Waals surface area (Å²) in [6, 6.07) is 0. The fraction of sp³-hybridized carbons (Fsp3) is 0.909. The molecular formula is C11H20O3. The van der Waals surface area contributed by atoms with Crippen molar-refractivity contribution in [3.05, 3.63) is 0 Å². The van der Waals surface area contributed by atoms with Crippen LogP contribution in [-0.2, 0) is 14.3 Å². The topological polar surface area (TPSA) is 35.5 Å². The van der Waals surface area contributed by atoms with E-state index in [1.165, 1.54) is 0 Å². The van der Waals surface area contributed by atoms with Crippen molar-refractivity contribution < 1.29 is 14.3 Å². The van der Waals surface area contributed by atoms with Crippen LogP contribution in [0.4, 0.5) is 0 Å². The van der Waals surface area contributed by atoms with Gasteiger partial charge in [0, 0.05) is 6.61 Å². The van der Waals surface area contributed by atoms with Gasteiger partial charge in [-0.2, -0.15) is 0 Å². The summed E-state index contributed by atoms with van der Waals surface area (Å²) in [5.74, 6) is -0.133. The van der Waals surface area contributed by atoms with Gasteiger partial charge in [-0.25, -0.2) is 0 Å². The van der Waals surface area contributed by atoms with E-state index in [0.717, 1.165) is 19.4 Å². The van der Waals surface area contributed by atoms with E-state index in [0.29, 0.717) is 13.0 Å². The number of carbonyl (C=O) groups is 1. The highest BCUT2D eigenvalue weighted by molar-refractivity contribution is 5.70. The standard InChI is InChI=1S/C11H20O3/c1-11(2,3)8-14-10(12)7-9-5-4-6-13-9/h9H,4-8H2,1-3H3. The Morgan fingerprint density at radius 3 is 2.71 bits per heavy atom. The summed E-state index contributed by atoms with van der Waals surface area (Å²) in [5.41, 5.74) is 0.0478. The van der Waals surface area contributed by atoms with Crippen LogP contribution < -0.4 is 0 Å². The normalized spacial score (nSPS) is 22.4. The van der Waals surface area contributed by atoms with Crippen molar-refractivity contribution in [1.82, 2.24) is 0 Å². The summed E-state index contributed by atoms with van der Waals surface area (Å²) < 4.78 is 10.5. The van der Waals surface area contributed by atoms with Crippen LogP contribution in [0.5, 0.6) is 0 Å². The van der Waals surface area contributed by atoms with Gasteiger partial charge in [0.15, 0.2) is 0 Å². The van der Waals surface area contributed by atoms with Gasteiger partial charge in [-0.05, 0) is 18.3 Å². The molecule has 1 aliphatic heterocycles. The van der Waals surface area contributed by atoms with Crippen LogP contribution >= 0.6 is 0 Å². The van der Waals surface area contributed by atoms with E-state index in [2.05, 4.69) is 0 Å². The van der Waals surface area contributed by atoms with Crippen LogP contribution in [0.25, 0.3) is 0 Å². The summed E-state index contributed by atoms with van der Waals surface area (Å²) in [6.07, 6.45) is 2.57. The van der Waals surface area contributed by atoms with Crippen molar-refractivity contribution >= 4 is 5.97 Å². The molecule has 0 N–H and O–H groups in total. The van der Waals surface area contributed by atoms with Gasteiger partial charge in [-0.3, -0.25) is 4.79 Å². The minimum Gasteiger partial charge on any atom is -0.465 e. The third-order valence-electron chi connectivity index (χ3n) is 2.08. The molecule has 0 aromatic carbocycles. The maximum absolute atomic E-state index is 11.3. The predicted octanol–water partition coefficient (Wildman–Crippen LogP) is 2.14. The van der Waals surface area contributed by atoms with Gasteiger partial charge in [-0.15, -0.1) is 0 Å². The molecule has 14 heavy (non-hydrogen) atoms. The monoisotopic (exact) mass is 200 g/mol. The van der Waals surface area contributed by atoms with Gasteiger partial charge in [0.25, 0.3) is 0 Å². The molecule has 0 aromatic heterocycles. The van der Waals surface area contributed by atoms with Gasteiger partial charge in [0.05, 0.1) is 19.1 Å². The number of hydrogen-bond acceptors (Lipinski definition) is 3. The Balaban J connectivity index is 2.15. The molecule has 1 atom stereocenters. The molecular weight excluding hydrogens is 180 g/mol. The third-order valence-corrected chi connectivity index (χ3v) is 2.08. The first-order valence-electron chi connectivity index (χ1n) is 5.24. The first-order valence-corrected chi connectivity index (χ1v) is 5.24. The van der Waals surface area contributed by atoms with Crippen LogP contribution in [0.1, 0.15) is 40.0 Å². The molecule has 1 rings (SSSR count). The maximum atomic E-state index is 11.3. The lowest BCUT2D eigenvalue weighted by Gasteiger charge is -2.18. The minimum atomic E-state index is -0.133. The first kappa shape index (κ1) is 11.5. The van der Waals surface area contributed by atoms with Crippen molar-refractivity contribution in [3.8, 4) is 0 Å². The van der Waals surface area contributed by atoms with Crippen LogP contribution in [0.3, 0.4) is 0 Å². The van der Waals surface area contributed by atoms with Crippen molar-refractivity contribution in [2.24, 2.45) is 5.41 Å². The zero-order chi connectivity index (χ0) is 10.6. The van der Waals surface area contributed by atoms with E-state index in [4.69, 9.17) is 9.47 Å². The van der Waals surface area contributed by atoms with Crippen LogP contribution in [0.2, 0.25) is 0 Å². The van der Waals surface area contributed by atoms with Crippen molar-refractivity contribution in [1.29, 1.82) is 0 Å². The second-order valence-corrected chi connectivity index (χ2v) is 5.06. The average Bonchev–Trinajstić information content (AvgIpc) is 2.52. The van der Waals surface area contributed by atoms with Crippen molar-refractivity contribution in [2.75, 3.05) is 13.2 Å². The summed E-state index contributed by atoms with van der Waals surface area (Å²) in [6.45, 7) is 7.42. The highest BCUT2D eigenvalue weighted by atomic mass is 16.5. The summed E-state index contributed by atoms with van der Waals surface area (Å²) >= 11 is 0. The molecule has 1 aliphatic rings. The quantitative estimate of drug-likeness (QED) is 0.655. The molecule has 1 heterocycles. The maximum Gasteiger partial charge on any atom is 0.308 e. The van der Waals surface area contributed by atoms with E-state index in [-0.39, 0.29) is 17.5 Å². The van der Waals surface area contributed by atoms with E-state index >= 15 is 0 Å². The number of hydrogen-bond donors (Lipinski definition) is 0. The molecule has 3 heteroatoms. The van der Waals surface area contributed by atoms with Crippen LogP contribution in [0, 0.1) is 5.41 Å². The Labute approximate surface area is 85.8 Å². The number of rotatable bonds is 3. The van der Waals surface area contributed by atoms with E-state index < -0.39 is 0 Å². The molecule has 0 radical (unpaired) electrons. The molecule has 0 aromatic rings. The largest absolute Gasteiger partial charge is 0.465 e. The summed E-state index contributed by atoms with van der Waals surface area (Å²) in [4.78, 5) is 11.3. The van der Waals surface area contributed by atoms with Crippen LogP contribution in [-0.4, -0.2) is 25.3 Å². The minimum absolute atomic E-state index is 0.0478. The third kappa shape index (κ3) is 4.61. The highest BCUT2D eigenvalue weighted by Gasteiger charge is 2.21. The Morgan fingerprint density at radius 2 is 2.21 bits per heavy atom. The molecule has 1 unspecified atom stereocenters. The molecule has 0 bridgehead atoms. The number of esters is 1. The van der Waals surface area contributed by atoms with Gasteiger partial charge < -0.3 is 9.47 Å².